The summed E-state index contributed by atoms with van der Waals surface area (Å²) in [5, 5.41) is 2.46. The number of carbonyl (C=O) groups is 2. The topological polar surface area (TPSA) is 73.9 Å². The number of hydrogen-bond acceptors (Lipinski definition) is 5. The van der Waals surface area contributed by atoms with Crippen molar-refractivity contribution in [3.05, 3.63) is 23.8 Å². The fourth-order valence-electron chi connectivity index (χ4n) is 1.50. The molecule has 0 bridgehead atoms. The van der Waals surface area contributed by atoms with E-state index in [1.165, 1.54) is 0 Å². The molecule has 1 aromatic carbocycles. The molecule has 1 aliphatic rings. The molecule has 0 spiro atoms. The Hall–Kier alpha value is -2.24. The van der Waals surface area contributed by atoms with Crippen molar-refractivity contribution in [1.29, 1.82) is 0 Å². The van der Waals surface area contributed by atoms with Gasteiger partial charge in [0.2, 0.25) is 6.79 Å². The predicted molar refractivity (Wildman–Crippen MR) is 61.5 cm³/mol. The number of hydrogen-bond donors (Lipinski definition) is 1. The van der Waals surface area contributed by atoms with Gasteiger partial charge in [-0.1, -0.05) is 0 Å². The zero-order valence-corrected chi connectivity index (χ0v) is 9.89. The highest BCUT2D eigenvalue weighted by atomic mass is 16.7. The number of benzene rings is 1. The van der Waals surface area contributed by atoms with Crippen LogP contribution in [0.5, 0.6) is 11.5 Å². The van der Waals surface area contributed by atoms with Gasteiger partial charge in [-0.2, -0.15) is 0 Å². The SMILES string of the molecule is CCOC(=O)CNC(=O)c1ccc2c(c1)OCO2. The Balaban J connectivity index is 1.95. The molecule has 0 radical (unpaired) electrons. The van der Waals surface area contributed by atoms with Crippen molar-refractivity contribution in [2.24, 2.45) is 0 Å². The summed E-state index contributed by atoms with van der Waals surface area (Å²) in [6.07, 6.45) is 0. The van der Waals surface area contributed by atoms with E-state index in [1.54, 1.807) is 25.1 Å². The molecule has 0 aliphatic carbocycles. The highest BCUT2D eigenvalue weighted by molar-refractivity contribution is 5.96. The summed E-state index contributed by atoms with van der Waals surface area (Å²) >= 11 is 0. The van der Waals surface area contributed by atoms with Crippen molar-refractivity contribution in [2.75, 3.05) is 19.9 Å². The van der Waals surface area contributed by atoms with E-state index < -0.39 is 5.97 Å². The van der Waals surface area contributed by atoms with E-state index in [2.05, 4.69) is 5.32 Å². The van der Waals surface area contributed by atoms with Gasteiger partial charge in [-0.25, -0.2) is 0 Å². The summed E-state index contributed by atoms with van der Waals surface area (Å²) in [4.78, 5) is 22.8. The zero-order chi connectivity index (χ0) is 13.0. The van der Waals surface area contributed by atoms with Crippen LogP contribution in [0.25, 0.3) is 0 Å². The first-order valence-electron chi connectivity index (χ1n) is 5.54. The molecule has 6 heteroatoms. The monoisotopic (exact) mass is 251 g/mol. The molecule has 1 N–H and O–H groups in total. The van der Waals surface area contributed by atoms with Gasteiger partial charge < -0.3 is 19.5 Å². The molecular weight excluding hydrogens is 238 g/mol. The first kappa shape index (κ1) is 12.2. The van der Waals surface area contributed by atoms with Crippen LogP contribution in [0.4, 0.5) is 0 Å². The van der Waals surface area contributed by atoms with Gasteiger partial charge in [0.15, 0.2) is 11.5 Å². The molecule has 2 rings (SSSR count). The fraction of sp³-hybridized carbons (Fsp3) is 0.333. The molecule has 0 saturated heterocycles. The number of esters is 1. The Bertz CT molecular complexity index is 472. The van der Waals surface area contributed by atoms with E-state index in [-0.39, 0.29) is 19.2 Å². The lowest BCUT2D eigenvalue weighted by molar-refractivity contribution is -0.141. The van der Waals surface area contributed by atoms with Gasteiger partial charge in [0, 0.05) is 5.56 Å². The van der Waals surface area contributed by atoms with Crippen molar-refractivity contribution >= 4 is 11.9 Å². The third-order valence-electron chi connectivity index (χ3n) is 2.33. The molecular formula is C12H13NO5. The molecule has 1 aliphatic heterocycles. The average Bonchev–Trinajstić information content (AvgIpc) is 2.83. The molecule has 1 aromatic rings. The second-order valence-electron chi connectivity index (χ2n) is 3.56. The van der Waals surface area contributed by atoms with E-state index >= 15 is 0 Å². The number of nitrogens with one attached hydrogen (secondary N) is 1. The summed E-state index contributed by atoms with van der Waals surface area (Å²) in [5.74, 6) is 0.309. The van der Waals surface area contributed by atoms with E-state index in [1.807, 2.05) is 0 Å². The summed E-state index contributed by atoms with van der Waals surface area (Å²) in [5.41, 5.74) is 0.406. The van der Waals surface area contributed by atoms with Crippen molar-refractivity contribution in [1.82, 2.24) is 5.32 Å². The van der Waals surface area contributed by atoms with Crippen LogP contribution in [-0.2, 0) is 9.53 Å². The molecule has 0 fully saturated rings. The molecule has 18 heavy (non-hydrogen) atoms. The van der Waals surface area contributed by atoms with Crippen molar-refractivity contribution in [3.63, 3.8) is 0 Å². The van der Waals surface area contributed by atoms with Crippen molar-refractivity contribution in [3.8, 4) is 11.5 Å². The Morgan fingerprint density at radius 2 is 2.11 bits per heavy atom. The molecule has 0 unspecified atom stereocenters. The van der Waals surface area contributed by atoms with Crippen LogP contribution in [0.3, 0.4) is 0 Å². The Kier molecular flexibility index (Phi) is 3.66. The van der Waals surface area contributed by atoms with Crippen LogP contribution >= 0.6 is 0 Å². The molecule has 6 nitrogen and oxygen atoms in total. The number of fused-ring (bicyclic) bond motifs is 1. The van der Waals surface area contributed by atoms with Crippen LogP contribution < -0.4 is 14.8 Å². The van der Waals surface area contributed by atoms with Crippen LogP contribution in [0.1, 0.15) is 17.3 Å². The first-order chi connectivity index (χ1) is 8.70. The Morgan fingerprint density at radius 3 is 2.89 bits per heavy atom. The van der Waals surface area contributed by atoms with Gasteiger partial charge in [0.25, 0.3) is 5.91 Å². The largest absolute Gasteiger partial charge is 0.465 e. The third kappa shape index (κ3) is 2.71. The molecule has 0 aromatic heterocycles. The zero-order valence-electron chi connectivity index (χ0n) is 9.89. The van der Waals surface area contributed by atoms with Gasteiger partial charge in [-0.15, -0.1) is 0 Å². The van der Waals surface area contributed by atoms with Crippen LogP contribution in [-0.4, -0.2) is 31.8 Å². The summed E-state index contributed by atoms with van der Waals surface area (Å²) < 4.78 is 15.0. The first-order valence-corrected chi connectivity index (χ1v) is 5.54. The Labute approximate surface area is 104 Å². The fourth-order valence-corrected chi connectivity index (χ4v) is 1.50. The second kappa shape index (κ2) is 5.39. The molecule has 0 saturated carbocycles. The normalized spacial score (nSPS) is 12.1. The number of rotatable bonds is 4. The minimum Gasteiger partial charge on any atom is -0.465 e. The average molecular weight is 251 g/mol. The van der Waals surface area contributed by atoms with Crippen molar-refractivity contribution < 1.29 is 23.8 Å². The maximum Gasteiger partial charge on any atom is 0.325 e. The van der Waals surface area contributed by atoms with Crippen LogP contribution in [0, 0.1) is 0 Å². The lowest BCUT2D eigenvalue weighted by atomic mass is 10.2. The third-order valence-corrected chi connectivity index (χ3v) is 2.33. The predicted octanol–water partition coefficient (Wildman–Crippen LogP) is 0.708. The number of amides is 1. The molecule has 1 amide bonds. The quantitative estimate of drug-likeness (QED) is 0.798. The molecule has 1 heterocycles. The summed E-state index contributed by atoms with van der Waals surface area (Å²) in [7, 11) is 0. The number of carbonyl (C=O) groups excluding carboxylic acids is 2. The maximum absolute atomic E-state index is 11.7. The van der Waals surface area contributed by atoms with Gasteiger partial charge >= 0.3 is 5.97 Å². The summed E-state index contributed by atoms with van der Waals surface area (Å²) in [6, 6.07) is 4.83. The van der Waals surface area contributed by atoms with E-state index in [4.69, 9.17) is 14.2 Å². The molecule has 0 atom stereocenters. The van der Waals surface area contributed by atoms with E-state index in [0.717, 1.165) is 0 Å². The van der Waals surface area contributed by atoms with Crippen molar-refractivity contribution in [2.45, 2.75) is 6.92 Å². The van der Waals surface area contributed by atoms with Crippen LogP contribution in [0.2, 0.25) is 0 Å². The van der Waals surface area contributed by atoms with Gasteiger partial charge in [-0.3, -0.25) is 9.59 Å². The maximum atomic E-state index is 11.7. The second-order valence-corrected chi connectivity index (χ2v) is 3.56. The van der Waals surface area contributed by atoms with E-state index in [0.29, 0.717) is 23.7 Å². The lowest BCUT2D eigenvalue weighted by Crippen LogP contribution is -2.30. The van der Waals surface area contributed by atoms with E-state index in [9.17, 15) is 9.59 Å². The molecule has 96 valence electrons. The minimum absolute atomic E-state index is 0.152. The van der Waals surface area contributed by atoms with Gasteiger partial charge in [0.1, 0.15) is 6.54 Å². The van der Waals surface area contributed by atoms with Gasteiger partial charge in [0.05, 0.1) is 6.61 Å². The summed E-state index contributed by atoms with van der Waals surface area (Å²) in [6.45, 7) is 2.00. The van der Waals surface area contributed by atoms with Gasteiger partial charge in [-0.05, 0) is 25.1 Å². The highest BCUT2D eigenvalue weighted by Gasteiger charge is 2.16. The van der Waals surface area contributed by atoms with Crippen LogP contribution in [0.15, 0.2) is 18.2 Å². The standard InChI is InChI=1S/C12H13NO5/c1-2-16-11(14)6-13-12(15)8-3-4-9-10(5-8)18-7-17-9/h3-5H,2,6-7H2,1H3,(H,13,15). The lowest BCUT2D eigenvalue weighted by Gasteiger charge is -2.05. The minimum atomic E-state index is -0.466. The highest BCUT2D eigenvalue weighted by Crippen LogP contribution is 2.32. The smallest absolute Gasteiger partial charge is 0.325 e. The Morgan fingerprint density at radius 1 is 1.33 bits per heavy atom. The number of ether oxygens (including phenoxy) is 3.